The van der Waals surface area contributed by atoms with Gasteiger partial charge in [-0.25, -0.2) is 4.39 Å². The molecular formula is C21H24ClF4N5. The fraction of sp³-hybridized carbons (Fsp3) is 0.333. The van der Waals surface area contributed by atoms with Gasteiger partial charge < -0.3 is 5.32 Å². The molecule has 0 unspecified atom stereocenters. The van der Waals surface area contributed by atoms with Crippen molar-refractivity contribution in [2.45, 2.75) is 33.4 Å². The Labute approximate surface area is 183 Å². The molecule has 5 nitrogen and oxygen atoms in total. The highest BCUT2D eigenvalue weighted by Crippen LogP contribution is 2.33. The van der Waals surface area contributed by atoms with Crippen LogP contribution in [0, 0.1) is 5.82 Å². The number of allylic oxidation sites excluding steroid dienone is 1. The predicted molar refractivity (Wildman–Crippen MR) is 115 cm³/mol. The minimum atomic E-state index is -4.60. The van der Waals surface area contributed by atoms with Crippen molar-refractivity contribution in [3.8, 4) is 11.3 Å². The van der Waals surface area contributed by atoms with E-state index in [9.17, 15) is 17.6 Å². The molecule has 0 aliphatic rings. The number of rotatable bonds is 5. The van der Waals surface area contributed by atoms with Crippen molar-refractivity contribution in [3.63, 3.8) is 0 Å². The lowest BCUT2D eigenvalue weighted by atomic mass is 10.1. The standard InChI is InChI=1S/C19H18ClF4N5.C2H6/c1-4-5-15(18-13(20)10-25-29(18)3)26-11-6-7-12(14(21)8-11)16-9-17(19(22,23)24)27-28(16)2;1-2/h5-10,26H,4H2,1-3H3;1-2H3/b15-5-;. The molecule has 0 spiro atoms. The number of nitrogens with one attached hydrogen (secondary N) is 1. The van der Waals surface area contributed by atoms with Crippen LogP contribution in [0.4, 0.5) is 23.2 Å². The number of nitrogens with zero attached hydrogens (tertiary/aromatic N) is 4. The van der Waals surface area contributed by atoms with Crippen LogP contribution in [0.5, 0.6) is 0 Å². The molecule has 0 aliphatic heterocycles. The van der Waals surface area contributed by atoms with Crippen molar-refractivity contribution < 1.29 is 17.6 Å². The van der Waals surface area contributed by atoms with E-state index in [-0.39, 0.29) is 11.3 Å². The van der Waals surface area contributed by atoms with Crippen LogP contribution in [0.25, 0.3) is 17.0 Å². The summed E-state index contributed by atoms with van der Waals surface area (Å²) in [6, 6.07) is 5.02. The van der Waals surface area contributed by atoms with Gasteiger partial charge in [-0.1, -0.05) is 38.4 Å². The molecule has 10 heteroatoms. The topological polar surface area (TPSA) is 47.7 Å². The molecule has 1 N–H and O–H groups in total. The third-order valence-electron chi connectivity index (χ3n) is 4.25. The first-order chi connectivity index (χ1) is 14.6. The Morgan fingerprint density at radius 1 is 1.16 bits per heavy atom. The van der Waals surface area contributed by atoms with Crippen molar-refractivity contribution in [1.82, 2.24) is 19.6 Å². The molecule has 3 aromatic rings. The zero-order valence-corrected chi connectivity index (χ0v) is 18.6. The fourth-order valence-corrected chi connectivity index (χ4v) is 3.21. The van der Waals surface area contributed by atoms with E-state index < -0.39 is 17.7 Å². The van der Waals surface area contributed by atoms with Crippen molar-refractivity contribution >= 4 is 23.0 Å². The summed E-state index contributed by atoms with van der Waals surface area (Å²) in [5.41, 5.74) is 0.669. The van der Waals surface area contributed by atoms with Crippen molar-refractivity contribution in [2.75, 3.05) is 5.32 Å². The molecule has 0 radical (unpaired) electrons. The summed E-state index contributed by atoms with van der Waals surface area (Å²) >= 11 is 6.20. The molecule has 3 rings (SSSR count). The van der Waals surface area contributed by atoms with Gasteiger partial charge in [0.25, 0.3) is 0 Å². The summed E-state index contributed by atoms with van der Waals surface area (Å²) in [7, 11) is 3.07. The van der Waals surface area contributed by atoms with Crippen LogP contribution < -0.4 is 5.32 Å². The lowest BCUT2D eigenvalue weighted by Crippen LogP contribution is -2.06. The Bertz CT molecular complexity index is 1050. The lowest BCUT2D eigenvalue weighted by Gasteiger charge is -2.13. The second-order valence-corrected chi connectivity index (χ2v) is 6.75. The van der Waals surface area contributed by atoms with Crippen molar-refractivity contribution in [3.05, 3.63) is 58.8 Å². The van der Waals surface area contributed by atoms with Gasteiger partial charge >= 0.3 is 6.18 Å². The highest BCUT2D eigenvalue weighted by Gasteiger charge is 2.35. The van der Waals surface area contributed by atoms with Crippen LogP contribution in [0.2, 0.25) is 5.02 Å². The van der Waals surface area contributed by atoms with E-state index in [1.54, 1.807) is 17.8 Å². The third kappa shape index (κ3) is 5.46. The summed E-state index contributed by atoms with van der Waals surface area (Å²) in [5, 5.41) is 11.1. The predicted octanol–water partition coefficient (Wildman–Crippen LogP) is 6.52. The monoisotopic (exact) mass is 457 g/mol. The summed E-state index contributed by atoms with van der Waals surface area (Å²) in [4.78, 5) is 0. The maximum Gasteiger partial charge on any atom is 0.435 e. The SMILES string of the molecule is CC.CC/C=C(\Nc1ccc(-c2cc(C(F)(F)F)nn2C)c(F)c1)c1c(Cl)cnn1C. The van der Waals surface area contributed by atoms with Crippen LogP contribution in [0.15, 0.2) is 36.5 Å². The summed E-state index contributed by atoms with van der Waals surface area (Å²) in [6.45, 7) is 5.94. The molecule has 2 aromatic heterocycles. The quantitative estimate of drug-likeness (QED) is 0.443. The Hall–Kier alpha value is -2.81. The number of hydrogen-bond acceptors (Lipinski definition) is 3. The average Bonchev–Trinajstić information content (AvgIpc) is 3.25. The number of aromatic nitrogens is 4. The molecular weight excluding hydrogens is 434 g/mol. The summed E-state index contributed by atoms with van der Waals surface area (Å²) in [6.07, 6.45) is -0.520. The number of aryl methyl sites for hydroxylation is 2. The largest absolute Gasteiger partial charge is 0.435 e. The number of alkyl halides is 3. The third-order valence-corrected chi connectivity index (χ3v) is 4.53. The number of hydrogen-bond donors (Lipinski definition) is 1. The van der Waals surface area contributed by atoms with Gasteiger partial charge in [-0.15, -0.1) is 0 Å². The van der Waals surface area contributed by atoms with Gasteiger partial charge in [0, 0.05) is 25.3 Å². The molecule has 0 amide bonds. The van der Waals surface area contributed by atoms with E-state index in [2.05, 4.69) is 15.5 Å². The summed E-state index contributed by atoms with van der Waals surface area (Å²) in [5.74, 6) is -0.682. The molecule has 0 atom stereocenters. The Morgan fingerprint density at radius 3 is 2.32 bits per heavy atom. The zero-order chi connectivity index (χ0) is 23.3. The smallest absolute Gasteiger partial charge is 0.354 e. The molecule has 31 heavy (non-hydrogen) atoms. The number of halogens is 5. The molecule has 168 valence electrons. The average molecular weight is 458 g/mol. The minimum absolute atomic E-state index is 0.0145. The molecule has 2 heterocycles. The maximum atomic E-state index is 14.7. The van der Waals surface area contributed by atoms with E-state index in [0.29, 0.717) is 28.5 Å². The Kier molecular flexibility index (Phi) is 7.89. The lowest BCUT2D eigenvalue weighted by molar-refractivity contribution is -0.141. The molecule has 0 aliphatic carbocycles. The summed E-state index contributed by atoms with van der Waals surface area (Å²) < 4.78 is 56.0. The first-order valence-electron chi connectivity index (χ1n) is 9.68. The maximum absolute atomic E-state index is 14.7. The Morgan fingerprint density at radius 2 is 1.84 bits per heavy atom. The van der Waals surface area contributed by atoms with Gasteiger partial charge in [-0.3, -0.25) is 9.36 Å². The van der Waals surface area contributed by atoms with Crippen molar-refractivity contribution in [2.24, 2.45) is 14.1 Å². The van der Waals surface area contributed by atoms with Gasteiger partial charge in [0.1, 0.15) is 11.5 Å². The van der Waals surface area contributed by atoms with Gasteiger partial charge in [0.2, 0.25) is 0 Å². The Balaban J connectivity index is 0.00000166. The molecule has 0 saturated carbocycles. The molecule has 1 aromatic carbocycles. The number of benzene rings is 1. The molecule has 0 saturated heterocycles. The fourth-order valence-electron chi connectivity index (χ4n) is 2.94. The molecule has 0 fully saturated rings. The van der Waals surface area contributed by atoms with Gasteiger partial charge in [-0.2, -0.15) is 23.4 Å². The first-order valence-corrected chi connectivity index (χ1v) is 10.1. The minimum Gasteiger partial charge on any atom is -0.354 e. The van der Waals surface area contributed by atoms with Crippen LogP contribution in [-0.2, 0) is 20.3 Å². The second-order valence-electron chi connectivity index (χ2n) is 6.35. The van der Waals surface area contributed by atoms with Crippen LogP contribution >= 0.6 is 11.6 Å². The highest BCUT2D eigenvalue weighted by atomic mass is 35.5. The van der Waals surface area contributed by atoms with E-state index >= 15 is 0 Å². The molecule has 0 bridgehead atoms. The first kappa shape index (κ1) is 24.5. The van der Waals surface area contributed by atoms with E-state index in [0.717, 1.165) is 10.7 Å². The van der Waals surface area contributed by atoms with E-state index in [1.165, 1.54) is 25.4 Å². The van der Waals surface area contributed by atoms with Gasteiger partial charge in [0.15, 0.2) is 5.69 Å². The van der Waals surface area contributed by atoms with Gasteiger partial charge in [-0.05, 0) is 30.7 Å². The highest BCUT2D eigenvalue weighted by molar-refractivity contribution is 6.32. The van der Waals surface area contributed by atoms with Crippen molar-refractivity contribution in [1.29, 1.82) is 0 Å². The normalized spacial score (nSPS) is 11.9. The van der Waals surface area contributed by atoms with Gasteiger partial charge in [0.05, 0.1) is 22.6 Å². The van der Waals surface area contributed by atoms with Crippen LogP contribution in [0.1, 0.15) is 38.6 Å². The van der Waals surface area contributed by atoms with Crippen LogP contribution in [0.3, 0.4) is 0 Å². The number of anilines is 1. The second kappa shape index (κ2) is 10.00. The van der Waals surface area contributed by atoms with Crippen LogP contribution in [-0.4, -0.2) is 19.6 Å². The zero-order valence-electron chi connectivity index (χ0n) is 17.8. The van der Waals surface area contributed by atoms with E-state index in [4.69, 9.17) is 11.6 Å². The van der Waals surface area contributed by atoms with E-state index in [1.807, 2.05) is 26.8 Å².